The number of hydrogen-bond acceptors (Lipinski definition) is 6. The van der Waals surface area contributed by atoms with Crippen molar-refractivity contribution < 1.29 is 23.9 Å². The Morgan fingerprint density at radius 3 is 2.54 bits per heavy atom. The largest absolute Gasteiger partial charge is 0.490 e. The van der Waals surface area contributed by atoms with Gasteiger partial charge in [0.1, 0.15) is 13.2 Å². The minimum atomic E-state index is -0.455. The van der Waals surface area contributed by atoms with E-state index in [1.165, 1.54) is 0 Å². The van der Waals surface area contributed by atoms with Crippen LogP contribution in [0.1, 0.15) is 37.3 Å². The second kappa shape index (κ2) is 11.8. The number of thioether (sulfide) groups is 1. The molecule has 2 heterocycles. The van der Waals surface area contributed by atoms with E-state index in [0.717, 1.165) is 41.5 Å². The Morgan fingerprint density at radius 1 is 1.09 bits per heavy atom. The predicted molar refractivity (Wildman–Crippen MR) is 139 cm³/mol. The van der Waals surface area contributed by atoms with Gasteiger partial charge in [-0.2, -0.15) is 0 Å². The zero-order valence-electron chi connectivity index (χ0n) is 19.5. The van der Waals surface area contributed by atoms with Crippen LogP contribution in [0.25, 0.3) is 6.08 Å². The zero-order valence-corrected chi connectivity index (χ0v) is 21.9. The van der Waals surface area contributed by atoms with Crippen molar-refractivity contribution in [1.29, 1.82) is 0 Å². The molecular formula is C26H27BrN2O5S. The molecule has 2 fully saturated rings. The van der Waals surface area contributed by atoms with Crippen LogP contribution in [0.5, 0.6) is 11.5 Å². The van der Waals surface area contributed by atoms with E-state index in [1.807, 2.05) is 43.3 Å². The molecule has 3 amide bonds. The normalized spacial score (nSPS) is 17.3. The van der Waals surface area contributed by atoms with Crippen LogP contribution in [0, 0.1) is 0 Å². The number of likely N-dealkylation sites (tertiary alicyclic amines) is 1. The van der Waals surface area contributed by atoms with E-state index in [1.54, 1.807) is 17.0 Å². The first-order valence-electron chi connectivity index (χ1n) is 11.6. The van der Waals surface area contributed by atoms with Crippen molar-refractivity contribution in [3.8, 4) is 11.5 Å². The van der Waals surface area contributed by atoms with Crippen molar-refractivity contribution in [2.45, 2.75) is 32.8 Å². The first kappa shape index (κ1) is 25.3. The lowest BCUT2D eigenvalue weighted by molar-refractivity contribution is -0.136. The highest BCUT2D eigenvalue weighted by atomic mass is 79.9. The highest BCUT2D eigenvalue weighted by molar-refractivity contribution is 9.10. The molecule has 184 valence electrons. The Hall–Kier alpha value is -2.78. The van der Waals surface area contributed by atoms with E-state index in [0.29, 0.717) is 47.8 Å². The van der Waals surface area contributed by atoms with Gasteiger partial charge in [-0.3, -0.25) is 19.3 Å². The summed E-state index contributed by atoms with van der Waals surface area (Å²) in [4.78, 5) is 41.1. The number of nitrogens with zero attached hydrogens (tertiary/aromatic N) is 2. The van der Waals surface area contributed by atoms with Crippen molar-refractivity contribution >= 4 is 50.8 Å². The standard InChI is InChI=1S/C26H27BrN2O5S/c1-2-33-21-14-19(13-20(27)24(21)34-17-18-9-5-3-6-10-18)15-22-25(31)29(26(32)35-22)16-23(30)28-11-7-4-8-12-28/h3,5-6,9-10,13-15H,2,4,7-8,11-12,16-17H2,1H3/b22-15+. The maximum atomic E-state index is 12.9. The maximum absolute atomic E-state index is 12.9. The van der Waals surface area contributed by atoms with Crippen molar-refractivity contribution in [2.75, 3.05) is 26.2 Å². The van der Waals surface area contributed by atoms with Crippen LogP contribution in [0.2, 0.25) is 0 Å². The van der Waals surface area contributed by atoms with Gasteiger partial charge >= 0.3 is 0 Å². The van der Waals surface area contributed by atoms with Crippen molar-refractivity contribution in [3.05, 3.63) is 63.0 Å². The summed E-state index contributed by atoms with van der Waals surface area (Å²) in [7, 11) is 0. The Bertz CT molecular complexity index is 1130. The SMILES string of the molecule is CCOc1cc(/C=C2/SC(=O)N(CC(=O)N3CCCCC3)C2=O)cc(Br)c1OCc1ccccc1. The molecule has 0 N–H and O–H groups in total. The highest BCUT2D eigenvalue weighted by Gasteiger charge is 2.37. The van der Waals surface area contributed by atoms with E-state index in [4.69, 9.17) is 9.47 Å². The number of halogens is 1. The van der Waals surface area contributed by atoms with Gasteiger partial charge in [0, 0.05) is 13.1 Å². The van der Waals surface area contributed by atoms with E-state index >= 15 is 0 Å². The van der Waals surface area contributed by atoms with Crippen LogP contribution in [0.15, 0.2) is 51.8 Å². The average molecular weight is 559 g/mol. The number of ether oxygens (including phenoxy) is 2. The molecule has 0 spiro atoms. The Morgan fingerprint density at radius 2 is 1.83 bits per heavy atom. The predicted octanol–water partition coefficient (Wildman–Crippen LogP) is 5.48. The number of rotatable bonds is 8. The molecule has 0 aromatic heterocycles. The van der Waals surface area contributed by atoms with Gasteiger partial charge in [-0.1, -0.05) is 30.3 Å². The minimum absolute atomic E-state index is 0.186. The summed E-state index contributed by atoms with van der Waals surface area (Å²) in [5.41, 5.74) is 1.71. The number of carbonyl (C=O) groups is 3. The van der Waals surface area contributed by atoms with Crippen molar-refractivity contribution in [1.82, 2.24) is 9.80 Å². The highest BCUT2D eigenvalue weighted by Crippen LogP contribution is 2.39. The van der Waals surface area contributed by atoms with Gasteiger partial charge in [-0.15, -0.1) is 0 Å². The fourth-order valence-corrected chi connectivity index (χ4v) is 5.38. The summed E-state index contributed by atoms with van der Waals surface area (Å²) in [5.74, 6) is 0.454. The number of amides is 3. The van der Waals surface area contributed by atoms with Gasteiger partial charge in [-0.05, 0) is 83.2 Å². The molecule has 7 nitrogen and oxygen atoms in total. The van der Waals surface area contributed by atoms with Gasteiger partial charge in [0.2, 0.25) is 5.91 Å². The number of hydrogen-bond donors (Lipinski definition) is 0. The van der Waals surface area contributed by atoms with Gasteiger partial charge in [0.05, 0.1) is 16.0 Å². The number of piperidine rings is 1. The van der Waals surface area contributed by atoms with E-state index in [9.17, 15) is 14.4 Å². The zero-order chi connectivity index (χ0) is 24.8. The van der Waals surface area contributed by atoms with Gasteiger partial charge < -0.3 is 14.4 Å². The van der Waals surface area contributed by atoms with Crippen LogP contribution in [-0.2, 0) is 16.2 Å². The minimum Gasteiger partial charge on any atom is -0.490 e. The van der Waals surface area contributed by atoms with Crippen LogP contribution in [0.4, 0.5) is 4.79 Å². The number of imide groups is 1. The summed E-state index contributed by atoms with van der Waals surface area (Å²) >= 11 is 4.40. The summed E-state index contributed by atoms with van der Waals surface area (Å²) in [5, 5.41) is -0.432. The third-order valence-electron chi connectivity index (χ3n) is 5.73. The van der Waals surface area contributed by atoms with E-state index in [-0.39, 0.29) is 17.4 Å². The average Bonchev–Trinajstić information content (AvgIpc) is 3.12. The molecule has 2 aromatic carbocycles. The van der Waals surface area contributed by atoms with E-state index in [2.05, 4.69) is 15.9 Å². The van der Waals surface area contributed by atoms with Crippen LogP contribution >= 0.6 is 27.7 Å². The molecule has 0 unspecified atom stereocenters. The Labute approximate surface area is 217 Å². The molecule has 0 bridgehead atoms. The maximum Gasteiger partial charge on any atom is 0.294 e. The summed E-state index contributed by atoms with van der Waals surface area (Å²) < 4.78 is 12.5. The smallest absolute Gasteiger partial charge is 0.294 e. The lowest BCUT2D eigenvalue weighted by atomic mass is 10.1. The number of benzene rings is 2. The fraction of sp³-hybridized carbons (Fsp3) is 0.346. The second-order valence-electron chi connectivity index (χ2n) is 8.25. The quantitative estimate of drug-likeness (QED) is 0.399. The first-order chi connectivity index (χ1) is 17.0. The molecule has 2 aliphatic rings. The lowest BCUT2D eigenvalue weighted by Gasteiger charge is -2.27. The van der Waals surface area contributed by atoms with Crippen LogP contribution in [-0.4, -0.2) is 53.1 Å². The second-order valence-corrected chi connectivity index (χ2v) is 10.1. The Kier molecular flexibility index (Phi) is 8.51. The molecule has 2 aliphatic heterocycles. The molecule has 2 aromatic rings. The van der Waals surface area contributed by atoms with Gasteiger partial charge in [0.15, 0.2) is 11.5 Å². The molecule has 0 atom stereocenters. The van der Waals surface area contributed by atoms with Crippen molar-refractivity contribution in [3.63, 3.8) is 0 Å². The van der Waals surface area contributed by atoms with Gasteiger partial charge in [-0.25, -0.2) is 0 Å². The molecule has 0 aliphatic carbocycles. The molecule has 9 heteroatoms. The number of carbonyl (C=O) groups excluding carboxylic acids is 3. The summed E-state index contributed by atoms with van der Waals surface area (Å²) in [6.45, 7) is 3.83. The molecular weight excluding hydrogens is 532 g/mol. The summed E-state index contributed by atoms with van der Waals surface area (Å²) in [6, 6.07) is 13.4. The Balaban J connectivity index is 1.50. The molecule has 0 saturated carbocycles. The van der Waals surface area contributed by atoms with Crippen molar-refractivity contribution in [2.24, 2.45) is 0 Å². The molecule has 0 radical (unpaired) electrons. The molecule has 2 saturated heterocycles. The molecule has 4 rings (SSSR count). The lowest BCUT2D eigenvalue weighted by Crippen LogP contribution is -2.44. The van der Waals surface area contributed by atoms with Crippen LogP contribution < -0.4 is 9.47 Å². The third-order valence-corrected chi connectivity index (χ3v) is 7.23. The fourth-order valence-electron chi connectivity index (χ4n) is 3.97. The topological polar surface area (TPSA) is 76.2 Å². The summed E-state index contributed by atoms with van der Waals surface area (Å²) in [6.07, 6.45) is 4.65. The van der Waals surface area contributed by atoms with E-state index < -0.39 is 11.1 Å². The first-order valence-corrected chi connectivity index (χ1v) is 13.2. The van der Waals surface area contributed by atoms with Crippen LogP contribution in [0.3, 0.4) is 0 Å². The monoisotopic (exact) mass is 558 g/mol. The third kappa shape index (κ3) is 6.27. The van der Waals surface area contributed by atoms with Gasteiger partial charge in [0.25, 0.3) is 11.1 Å². The molecule has 35 heavy (non-hydrogen) atoms.